The highest BCUT2D eigenvalue weighted by Gasteiger charge is 2.09. The number of aryl methyl sites for hydroxylation is 1. The number of aromatic carboxylic acids is 1. The maximum absolute atomic E-state index is 10.4. The maximum Gasteiger partial charge on any atom is 0.339 e. The molecule has 4 nitrogen and oxygen atoms in total. The average molecular weight is 177 g/mol. The number of halogens is 1. The highest BCUT2D eigenvalue weighted by molar-refractivity contribution is 5.88. The van der Waals surface area contributed by atoms with Crippen molar-refractivity contribution in [2.24, 2.45) is 7.05 Å². The fourth-order valence-corrected chi connectivity index (χ4v) is 0.709. The molecule has 0 unspecified atom stereocenters. The van der Waals surface area contributed by atoms with Crippen molar-refractivity contribution in [3.05, 3.63) is 17.5 Å². The van der Waals surface area contributed by atoms with E-state index >= 15 is 0 Å². The third-order valence-corrected chi connectivity index (χ3v) is 1.47. The number of carboxylic acids is 1. The van der Waals surface area contributed by atoms with E-state index in [-0.39, 0.29) is 18.0 Å². The number of nitrogens with zero attached hydrogens (tertiary/aromatic N) is 2. The predicted molar refractivity (Wildman–Crippen MR) is 42.2 cm³/mol. The summed E-state index contributed by atoms with van der Waals surface area (Å²) in [4.78, 5) is 10.4. The van der Waals surface area contributed by atoms with Gasteiger partial charge in [0.05, 0.1) is 6.20 Å². The third-order valence-electron chi connectivity index (χ3n) is 1.47. The van der Waals surface area contributed by atoms with E-state index in [2.05, 4.69) is 5.10 Å². The van der Waals surface area contributed by atoms with Crippen LogP contribution in [0.2, 0.25) is 0 Å². The van der Waals surface area contributed by atoms with Crippen LogP contribution >= 0.6 is 12.4 Å². The molecular formula is C6H9ClN2O2. The van der Waals surface area contributed by atoms with Gasteiger partial charge in [-0.1, -0.05) is 0 Å². The molecule has 1 N–H and O–H groups in total. The van der Waals surface area contributed by atoms with E-state index < -0.39 is 5.97 Å². The molecule has 0 aliphatic heterocycles. The van der Waals surface area contributed by atoms with Gasteiger partial charge in [-0.25, -0.2) is 4.79 Å². The Morgan fingerprint density at radius 1 is 1.73 bits per heavy atom. The molecule has 0 amide bonds. The summed E-state index contributed by atoms with van der Waals surface area (Å²) in [6.45, 7) is 1.72. The van der Waals surface area contributed by atoms with E-state index in [1.807, 2.05) is 0 Å². The lowest BCUT2D eigenvalue weighted by Gasteiger charge is -1.92. The topological polar surface area (TPSA) is 55.1 Å². The standard InChI is InChI=1S/C6H8N2O2.ClH/c1-4-5(6(9)10)3-7-8(4)2;/h3H,1-2H3,(H,9,10);1H. The smallest absolute Gasteiger partial charge is 0.339 e. The Labute approximate surface area is 70.2 Å². The molecule has 0 aliphatic carbocycles. The summed E-state index contributed by atoms with van der Waals surface area (Å²) in [6, 6.07) is 0. The Morgan fingerprint density at radius 2 is 2.27 bits per heavy atom. The van der Waals surface area contributed by atoms with Gasteiger partial charge < -0.3 is 5.11 Å². The second-order valence-electron chi connectivity index (χ2n) is 2.07. The predicted octanol–water partition coefficient (Wildman–Crippen LogP) is 0.849. The zero-order valence-electron chi connectivity index (χ0n) is 6.24. The van der Waals surface area contributed by atoms with Gasteiger partial charge in [-0.05, 0) is 6.92 Å². The number of carbonyl (C=O) groups is 1. The Bertz CT molecular complexity index is 270. The molecule has 0 bridgehead atoms. The third kappa shape index (κ3) is 1.71. The summed E-state index contributed by atoms with van der Waals surface area (Å²) >= 11 is 0. The number of hydrogen-bond acceptors (Lipinski definition) is 2. The quantitative estimate of drug-likeness (QED) is 0.690. The van der Waals surface area contributed by atoms with Gasteiger partial charge in [0.2, 0.25) is 0 Å². The first-order valence-electron chi connectivity index (χ1n) is 2.85. The van der Waals surface area contributed by atoms with E-state index in [1.165, 1.54) is 10.9 Å². The highest BCUT2D eigenvalue weighted by Crippen LogP contribution is 2.03. The molecule has 0 radical (unpaired) electrons. The molecule has 1 aromatic rings. The van der Waals surface area contributed by atoms with Gasteiger partial charge in [0, 0.05) is 12.7 Å². The van der Waals surface area contributed by atoms with Crippen molar-refractivity contribution in [1.29, 1.82) is 0 Å². The summed E-state index contributed by atoms with van der Waals surface area (Å²) in [5, 5.41) is 12.3. The molecule has 0 spiro atoms. The van der Waals surface area contributed by atoms with Crippen molar-refractivity contribution < 1.29 is 9.90 Å². The summed E-state index contributed by atoms with van der Waals surface area (Å²) in [5.41, 5.74) is 0.940. The van der Waals surface area contributed by atoms with Crippen LogP contribution in [-0.2, 0) is 7.05 Å². The number of rotatable bonds is 1. The van der Waals surface area contributed by atoms with Crippen LogP contribution in [0.15, 0.2) is 6.20 Å². The summed E-state index contributed by atoms with van der Waals surface area (Å²) in [7, 11) is 1.71. The first-order valence-corrected chi connectivity index (χ1v) is 2.85. The van der Waals surface area contributed by atoms with Crippen LogP contribution in [0, 0.1) is 6.92 Å². The minimum atomic E-state index is -0.925. The molecule has 0 saturated heterocycles. The lowest BCUT2D eigenvalue weighted by atomic mass is 10.3. The van der Waals surface area contributed by atoms with Gasteiger partial charge in [0.1, 0.15) is 5.56 Å². The van der Waals surface area contributed by atoms with Gasteiger partial charge in [-0.2, -0.15) is 5.10 Å². The molecule has 0 atom stereocenters. The molecule has 1 aromatic heterocycles. The zero-order valence-corrected chi connectivity index (χ0v) is 7.05. The Balaban J connectivity index is 0.000001000. The van der Waals surface area contributed by atoms with Crippen molar-refractivity contribution in [2.75, 3.05) is 0 Å². The first kappa shape index (κ1) is 9.97. The van der Waals surface area contributed by atoms with Crippen LogP contribution in [0.3, 0.4) is 0 Å². The first-order chi connectivity index (χ1) is 4.63. The highest BCUT2D eigenvalue weighted by atomic mass is 35.5. The lowest BCUT2D eigenvalue weighted by Crippen LogP contribution is -1.99. The van der Waals surface area contributed by atoms with E-state index in [4.69, 9.17) is 5.11 Å². The minimum absolute atomic E-state index is 0. The van der Waals surface area contributed by atoms with Crippen molar-refractivity contribution in [2.45, 2.75) is 6.92 Å². The second kappa shape index (κ2) is 3.39. The van der Waals surface area contributed by atoms with Crippen molar-refractivity contribution in [1.82, 2.24) is 9.78 Å². The Morgan fingerprint density at radius 3 is 2.45 bits per heavy atom. The fraction of sp³-hybridized carbons (Fsp3) is 0.333. The van der Waals surface area contributed by atoms with E-state index in [1.54, 1.807) is 14.0 Å². The molecule has 0 aliphatic rings. The molecule has 11 heavy (non-hydrogen) atoms. The van der Waals surface area contributed by atoms with Crippen LogP contribution in [0.25, 0.3) is 0 Å². The molecule has 0 aromatic carbocycles. The Hall–Kier alpha value is -1.03. The number of hydrogen-bond donors (Lipinski definition) is 1. The lowest BCUT2D eigenvalue weighted by molar-refractivity contribution is 0.0696. The number of aromatic nitrogens is 2. The van der Waals surface area contributed by atoms with Gasteiger partial charge in [-0.15, -0.1) is 12.4 Å². The Kier molecular flexibility index (Phi) is 3.07. The van der Waals surface area contributed by atoms with Crippen molar-refractivity contribution in [3.63, 3.8) is 0 Å². The fourth-order valence-electron chi connectivity index (χ4n) is 0.709. The molecule has 1 rings (SSSR count). The molecule has 5 heteroatoms. The molecule has 0 fully saturated rings. The van der Waals surface area contributed by atoms with Crippen molar-refractivity contribution >= 4 is 18.4 Å². The summed E-state index contributed by atoms with van der Waals surface area (Å²) in [5.74, 6) is -0.925. The van der Waals surface area contributed by atoms with E-state index in [0.717, 1.165) is 0 Å². The van der Waals surface area contributed by atoms with Crippen LogP contribution < -0.4 is 0 Å². The zero-order chi connectivity index (χ0) is 7.72. The van der Waals surface area contributed by atoms with Gasteiger partial charge >= 0.3 is 5.97 Å². The maximum atomic E-state index is 10.4. The van der Waals surface area contributed by atoms with E-state index in [9.17, 15) is 4.79 Å². The van der Waals surface area contributed by atoms with Gasteiger partial charge in [-0.3, -0.25) is 4.68 Å². The number of carboxylic acid groups (broad SMARTS) is 1. The average Bonchev–Trinajstić information content (AvgIpc) is 2.14. The van der Waals surface area contributed by atoms with Crippen LogP contribution in [0.4, 0.5) is 0 Å². The van der Waals surface area contributed by atoms with Crippen LogP contribution in [0.5, 0.6) is 0 Å². The van der Waals surface area contributed by atoms with E-state index in [0.29, 0.717) is 5.69 Å². The minimum Gasteiger partial charge on any atom is -0.478 e. The SMILES string of the molecule is Cc1c(C(=O)O)cnn1C.Cl. The largest absolute Gasteiger partial charge is 0.478 e. The van der Waals surface area contributed by atoms with Crippen molar-refractivity contribution in [3.8, 4) is 0 Å². The monoisotopic (exact) mass is 176 g/mol. The molecular weight excluding hydrogens is 168 g/mol. The molecule has 62 valence electrons. The summed E-state index contributed by atoms with van der Waals surface area (Å²) < 4.78 is 1.53. The van der Waals surface area contributed by atoms with Crippen LogP contribution in [-0.4, -0.2) is 20.9 Å². The second-order valence-corrected chi connectivity index (χ2v) is 2.07. The normalized spacial score (nSPS) is 8.91. The van der Waals surface area contributed by atoms with Gasteiger partial charge in [0.15, 0.2) is 0 Å². The summed E-state index contributed by atoms with van der Waals surface area (Å²) in [6.07, 6.45) is 1.34. The molecule has 1 heterocycles. The van der Waals surface area contributed by atoms with Gasteiger partial charge in [0.25, 0.3) is 0 Å². The van der Waals surface area contributed by atoms with Crippen LogP contribution in [0.1, 0.15) is 16.1 Å². The molecule has 0 saturated carbocycles.